The Bertz CT molecular complexity index is 913. The second kappa shape index (κ2) is 10.6. The predicted octanol–water partition coefficient (Wildman–Crippen LogP) is 4.22. The summed E-state index contributed by atoms with van der Waals surface area (Å²) in [6.07, 6.45) is 2.45. The second-order valence-electron chi connectivity index (χ2n) is 7.88. The third-order valence-electron chi connectivity index (χ3n) is 5.53. The molecule has 3 rings (SSSR count). The number of aryl methyl sites for hydroxylation is 2. The minimum atomic E-state index is -2.96. The van der Waals surface area contributed by atoms with E-state index in [-0.39, 0.29) is 23.4 Å². The minimum absolute atomic E-state index is 0.0886. The lowest BCUT2D eigenvalue weighted by Gasteiger charge is -2.39. The molecule has 1 saturated heterocycles. The van der Waals surface area contributed by atoms with E-state index in [1.165, 1.54) is 25.3 Å². The molecular weight excluding hydrogens is 418 g/mol. The zero-order chi connectivity index (χ0) is 23.3. The van der Waals surface area contributed by atoms with Crippen LogP contribution in [0.4, 0.5) is 14.6 Å². The molecule has 0 spiro atoms. The van der Waals surface area contributed by atoms with E-state index in [0.29, 0.717) is 12.1 Å². The summed E-state index contributed by atoms with van der Waals surface area (Å²) in [5.74, 6) is 1.54. The molecule has 2 aromatic rings. The van der Waals surface area contributed by atoms with Gasteiger partial charge in [-0.05, 0) is 51.3 Å². The van der Waals surface area contributed by atoms with E-state index in [4.69, 9.17) is 4.74 Å². The van der Waals surface area contributed by atoms with Crippen LogP contribution >= 0.6 is 0 Å². The minimum Gasteiger partial charge on any atom is -0.493 e. The van der Waals surface area contributed by atoms with E-state index in [0.717, 1.165) is 49.7 Å². The highest BCUT2D eigenvalue weighted by Gasteiger charge is 2.29. The molecule has 1 fully saturated rings. The number of anilines is 1. The molecule has 0 bridgehead atoms. The number of carbonyl (C=O) groups excluding carboxylic acids is 1. The summed E-state index contributed by atoms with van der Waals surface area (Å²) in [5, 5.41) is 0. The number of piperidine rings is 1. The van der Waals surface area contributed by atoms with Gasteiger partial charge in [0.25, 0.3) is 5.91 Å². The zero-order valence-electron chi connectivity index (χ0n) is 19.0. The maximum absolute atomic E-state index is 13.3. The Morgan fingerprint density at radius 1 is 1.19 bits per heavy atom. The van der Waals surface area contributed by atoms with Gasteiger partial charge in [-0.2, -0.15) is 8.78 Å². The molecule has 9 heteroatoms. The van der Waals surface area contributed by atoms with Crippen LogP contribution in [0, 0.1) is 13.8 Å². The highest BCUT2D eigenvalue weighted by Crippen LogP contribution is 2.31. The number of carbonyl (C=O) groups is 1. The molecule has 1 aliphatic heterocycles. The first kappa shape index (κ1) is 23.7. The first-order valence-corrected chi connectivity index (χ1v) is 10.8. The van der Waals surface area contributed by atoms with E-state index in [9.17, 15) is 13.6 Å². The third-order valence-corrected chi connectivity index (χ3v) is 5.53. The van der Waals surface area contributed by atoms with Gasteiger partial charge in [0.2, 0.25) is 0 Å². The van der Waals surface area contributed by atoms with Crippen molar-refractivity contribution in [2.75, 3.05) is 31.6 Å². The van der Waals surface area contributed by atoms with Crippen molar-refractivity contribution in [3.05, 3.63) is 41.3 Å². The van der Waals surface area contributed by atoms with Gasteiger partial charge >= 0.3 is 6.61 Å². The van der Waals surface area contributed by atoms with E-state index in [1.807, 2.05) is 31.7 Å². The molecule has 2 heterocycles. The fraction of sp³-hybridized carbons (Fsp3) is 0.522. The number of amides is 1. The summed E-state index contributed by atoms with van der Waals surface area (Å²) >= 11 is 0. The number of alkyl halides is 2. The summed E-state index contributed by atoms with van der Waals surface area (Å²) in [4.78, 5) is 26.3. The largest absolute Gasteiger partial charge is 0.493 e. The van der Waals surface area contributed by atoms with Crippen molar-refractivity contribution in [2.45, 2.75) is 52.7 Å². The standard InChI is InChI=1S/C23H30F2N4O3/c1-5-10-29(22(30)17-6-7-19(32-23(24)25)20(14-17)31-4)18-8-11-28(12-9-18)21-13-15(2)26-16(3)27-21/h6-7,13-14,18,23H,5,8-12H2,1-4H3. The highest BCUT2D eigenvalue weighted by atomic mass is 19.3. The average Bonchev–Trinajstić information content (AvgIpc) is 2.76. The van der Waals surface area contributed by atoms with Gasteiger partial charge in [0.05, 0.1) is 7.11 Å². The van der Waals surface area contributed by atoms with Gasteiger partial charge in [0, 0.05) is 43.0 Å². The molecule has 1 aromatic heterocycles. The van der Waals surface area contributed by atoms with Crippen molar-refractivity contribution in [1.82, 2.24) is 14.9 Å². The van der Waals surface area contributed by atoms with Crippen molar-refractivity contribution < 1.29 is 23.0 Å². The van der Waals surface area contributed by atoms with Crippen LogP contribution < -0.4 is 14.4 Å². The molecule has 174 valence electrons. The van der Waals surface area contributed by atoms with Crippen molar-refractivity contribution >= 4 is 11.7 Å². The molecule has 1 aliphatic rings. The summed E-state index contributed by atoms with van der Waals surface area (Å²) in [5.41, 5.74) is 1.33. The number of methoxy groups -OCH3 is 1. The average molecular weight is 449 g/mol. The normalized spacial score (nSPS) is 14.5. The molecule has 0 N–H and O–H groups in total. The van der Waals surface area contributed by atoms with E-state index in [2.05, 4.69) is 19.6 Å². The van der Waals surface area contributed by atoms with Gasteiger partial charge in [0.15, 0.2) is 11.5 Å². The summed E-state index contributed by atoms with van der Waals surface area (Å²) in [7, 11) is 1.36. The molecule has 0 aliphatic carbocycles. The van der Waals surface area contributed by atoms with Gasteiger partial charge in [-0.1, -0.05) is 6.92 Å². The third kappa shape index (κ3) is 5.63. The van der Waals surface area contributed by atoms with Crippen LogP contribution in [0.15, 0.2) is 24.3 Å². The van der Waals surface area contributed by atoms with Crippen LogP contribution in [0.2, 0.25) is 0 Å². The van der Waals surface area contributed by atoms with Crippen molar-refractivity contribution in [3.63, 3.8) is 0 Å². The molecule has 32 heavy (non-hydrogen) atoms. The lowest BCUT2D eigenvalue weighted by atomic mass is 10.0. The van der Waals surface area contributed by atoms with Crippen LogP contribution in [0.5, 0.6) is 11.5 Å². The van der Waals surface area contributed by atoms with Crippen molar-refractivity contribution in [2.24, 2.45) is 0 Å². The van der Waals surface area contributed by atoms with Crippen LogP contribution in [-0.2, 0) is 0 Å². The van der Waals surface area contributed by atoms with E-state index >= 15 is 0 Å². The summed E-state index contributed by atoms with van der Waals surface area (Å²) in [6, 6.07) is 6.39. The van der Waals surface area contributed by atoms with Crippen molar-refractivity contribution in [1.29, 1.82) is 0 Å². The number of benzene rings is 1. The van der Waals surface area contributed by atoms with Crippen LogP contribution in [-0.4, -0.2) is 60.2 Å². The van der Waals surface area contributed by atoms with Crippen LogP contribution in [0.25, 0.3) is 0 Å². The summed E-state index contributed by atoms with van der Waals surface area (Å²) in [6.45, 7) is 5.11. The van der Waals surface area contributed by atoms with Crippen LogP contribution in [0.3, 0.4) is 0 Å². The molecule has 0 saturated carbocycles. The Morgan fingerprint density at radius 3 is 2.50 bits per heavy atom. The van der Waals surface area contributed by atoms with Gasteiger partial charge < -0.3 is 19.3 Å². The number of aromatic nitrogens is 2. The van der Waals surface area contributed by atoms with Gasteiger partial charge in [-0.3, -0.25) is 4.79 Å². The molecule has 1 aromatic carbocycles. The Labute approximate surface area is 187 Å². The topological polar surface area (TPSA) is 67.8 Å². The first-order valence-electron chi connectivity index (χ1n) is 10.8. The predicted molar refractivity (Wildman–Crippen MR) is 118 cm³/mol. The van der Waals surface area contributed by atoms with Gasteiger partial charge in [-0.25, -0.2) is 9.97 Å². The SMILES string of the molecule is CCCN(C(=O)c1ccc(OC(F)F)c(OC)c1)C1CCN(c2cc(C)nc(C)n2)CC1. The van der Waals surface area contributed by atoms with Gasteiger partial charge in [0.1, 0.15) is 11.6 Å². The number of hydrogen-bond donors (Lipinski definition) is 0. The molecule has 7 nitrogen and oxygen atoms in total. The number of rotatable bonds is 8. The number of halogens is 2. The molecule has 0 unspecified atom stereocenters. The lowest BCUT2D eigenvalue weighted by Crippen LogP contribution is -2.48. The fourth-order valence-corrected chi connectivity index (χ4v) is 4.12. The number of ether oxygens (including phenoxy) is 2. The molecule has 0 radical (unpaired) electrons. The summed E-state index contributed by atoms with van der Waals surface area (Å²) < 4.78 is 34.8. The zero-order valence-corrected chi connectivity index (χ0v) is 19.0. The van der Waals surface area contributed by atoms with E-state index < -0.39 is 6.61 Å². The van der Waals surface area contributed by atoms with Crippen molar-refractivity contribution in [3.8, 4) is 11.5 Å². The van der Waals surface area contributed by atoms with E-state index in [1.54, 1.807) is 0 Å². The van der Waals surface area contributed by atoms with Crippen LogP contribution in [0.1, 0.15) is 48.1 Å². The fourth-order valence-electron chi connectivity index (χ4n) is 4.12. The molecular formula is C23H30F2N4O3. The maximum atomic E-state index is 13.3. The lowest BCUT2D eigenvalue weighted by molar-refractivity contribution is -0.0512. The Balaban J connectivity index is 1.73. The quantitative estimate of drug-likeness (QED) is 0.602. The Hall–Kier alpha value is -2.97. The second-order valence-corrected chi connectivity index (χ2v) is 7.88. The Kier molecular flexibility index (Phi) is 7.82. The molecule has 0 atom stereocenters. The monoisotopic (exact) mass is 448 g/mol. The number of nitrogens with zero attached hydrogens (tertiary/aromatic N) is 4. The maximum Gasteiger partial charge on any atom is 0.387 e. The first-order chi connectivity index (χ1) is 15.3. The smallest absolute Gasteiger partial charge is 0.387 e. The van der Waals surface area contributed by atoms with Gasteiger partial charge in [-0.15, -0.1) is 0 Å². The molecule has 1 amide bonds. The Morgan fingerprint density at radius 2 is 1.91 bits per heavy atom. The highest BCUT2D eigenvalue weighted by molar-refractivity contribution is 5.95. The number of hydrogen-bond acceptors (Lipinski definition) is 6.